The van der Waals surface area contributed by atoms with Crippen molar-refractivity contribution in [2.75, 3.05) is 51.2 Å². The summed E-state index contributed by atoms with van der Waals surface area (Å²) in [7, 11) is 1.77. The maximum absolute atomic E-state index is 13.2. The molecule has 2 aromatic rings. The molecule has 1 aromatic heterocycles. The van der Waals surface area contributed by atoms with Crippen LogP contribution >= 0.6 is 24.0 Å². The summed E-state index contributed by atoms with van der Waals surface area (Å²) in [6, 6.07) is 9.13. The Kier molecular flexibility index (Phi) is 10.5. The minimum Gasteiger partial charge on any atom is -0.356 e. The van der Waals surface area contributed by atoms with Gasteiger partial charge in [0, 0.05) is 52.5 Å². The molecule has 1 aliphatic rings. The molecule has 170 valence electrons. The second-order valence-corrected chi connectivity index (χ2v) is 7.62. The molecule has 0 aliphatic carbocycles. The molecule has 3 rings (SSSR count). The van der Waals surface area contributed by atoms with Crippen LogP contribution in [0.5, 0.6) is 0 Å². The Labute approximate surface area is 202 Å². The fourth-order valence-electron chi connectivity index (χ4n) is 3.70. The number of nitrogens with zero attached hydrogens (tertiary/aromatic N) is 4. The van der Waals surface area contributed by atoms with Gasteiger partial charge >= 0.3 is 0 Å². The largest absolute Gasteiger partial charge is 0.356 e. The summed E-state index contributed by atoms with van der Waals surface area (Å²) in [5, 5.41) is 6.70. The average molecular weight is 540 g/mol. The van der Waals surface area contributed by atoms with E-state index in [9.17, 15) is 4.39 Å². The number of hydrogen-bond donors (Lipinski definition) is 2. The van der Waals surface area contributed by atoms with Crippen molar-refractivity contribution in [3.63, 3.8) is 0 Å². The quantitative estimate of drug-likeness (QED) is 0.321. The van der Waals surface area contributed by atoms with Crippen molar-refractivity contribution in [3.05, 3.63) is 59.0 Å². The molecule has 0 bridgehead atoms. The van der Waals surface area contributed by atoms with Gasteiger partial charge in [-0.3, -0.25) is 4.99 Å². The second-order valence-electron chi connectivity index (χ2n) is 7.62. The van der Waals surface area contributed by atoms with Crippen LogP contribution in [-0.4, -0.2) is 62.2 Å². The Morgan fingerprint density at radius 1 is 1.13 bits per heavy atom. The normalized spacial score (nSPS) is 14.8. The van der Waals surface area contributed by atoms with Crippen LogP contribution in [0.25, 0.3) is 0 Å². The molecule has 0 saturated carbocycles. The summed E-state index contributed by atoms with van der Waals surface area (Å²) in [4.78, 5) is 13.7. The van der Waals surface area contributed by atoms with Gasteiger partial charge in [-0.25, -0.2) is 9.37 Å². The monoisotopic (exact) mass is 540 g/mol. The number of pyridine rings is 1. The van der Waals surface area contributed by atoms with Gasteiger partial charge in [0.2, 0.25) is 0 Å². The van der Waals surface area contributed by atoms with Crippen LogP contribution in [0, 0.1) is 12.7 Å². The number of benzene rings is 1. The van der Waals surface area contributed by atoms with Crippen molar-refractivity contribution < 1.29 is 4.39 Å². The van der Waals surface area contributed by atoms with Gasteiger partial charge < -0.3 is 20.4 Å². The van der Waals surface area contributed by atoms with Crippen molar-refractivity contribution in [2.45, 2.75) is 26.8 Å². The Bertz CT molecular complexity index is 852. The van der Waals surface area contributed by atoms with Gasteiger partial charge in [-0.1, -0.05) is 13.0 Å². The molecule has 1 aliphatic heterocycles. The molecule has 0 amide bonds. The lowest BCUT2D eigenvalue weighted by Gasteiger charge is -2.34. The molecule has 2 N–H and O–H groups in total. The highest BCUT2D eigenvalue weighted by molar-refractivity contribution is 14.0. The standard InChI is InChI=1S/C23H33FN6.HI/c1-4-29-11-13-30(14-12-29)22-16-19(7-9-26-22)17-28-23(25-3)27-10-8-20-5-6-21(24)15-18(20)2;/h5-7,9,15-16H,4,8,10-14,17H2,1-3H3,(H2,25,27,28);1H. The summed E-state index contributed by atoms with van der Waals surface area (Å²) in [6.07, 6.45) is 2.70. The smallest absolute Gasteiger partial charge is 0.191 e. The highest BCUT2D eigenvalue weighted by Crippen LogP contribution is 2.15. The number of piperazine rings is 1. The summed E-state index contributed by atoms with van der Waals surface area (Å²) in [6.45, 7) is 10.9. The number of aromatic nitrogens is 1. The predicted octanol–water partition coefficient (Wildman–Crippen LogP) is 3.20. The average Bonchev–Trinajstić information content (AvgIpc) is 2.77. The number of rotatable bonds is 7. The van der Waals surface area contributed by atoms with E-state index in [0.29, 0.717) is 6.54 Å². The Morgan fingerprint density at radius 3 is 2.58 bits per heavy atom. The third-order valence-electron chi connectivity index (χ3n) is 5.63. The molecule has 2 heterocycles. The maximum atomic E-state index is 13.2. The van der Waals surface area contributed by atoms with Crippen molar-refractivity contribution in [1.29, 1.82) is 0 Å². The minimum atomic E-state index is -0.189. The molecule has 6 nitrogen and oxygen atoms in total. The van der Waals surface area contributed by atoms with E-state index >= 15 is 0 Å². The number of nitrogens with one attached hydrogen (secondary N) is 2. The number of guanidine groups is 1. The summed E-state index contributed by atoms with van der Waals surface area (Å²) < 4.78 is 13.2. The summed E-state index contributed by atoms with van der Waals surface area (Å²) >= 11 is 0. The zero-order valence-electron chi connectivity index (χ0n) is 18.7. The fourth-order valence-corrected chi connectivity index (χ4v) is 3.70. The van der Waals surface area contributed by atoms with Crippen LogP contribution in [0.2, 0.25) is 0 Å². The van der Waals surface area contributed by atoms with Gasteiger partial charge in [0.25, 0.3) is 0 Å². The highest BCUT2D eigenvalue weighted by atomic mass is 127. The van der Waals surface area contributed by atoms with Crippen LogP contribution < -0.4 is 15.5 Å². The molecule has 1 fully saturated rings. The highest BCUT2D eigenvalue weighted by Gasteiger charge is 2.16. The number of hydrogen-bond acceptors (Lipinski definition) is 4. The third kappa shape index (κ3) is 7.60. The molecule has 0 atom stereocenters. The van der Waals surface area contributed by atoms with E-state index in [2.05, 4.69) is 43.4 Å². The van der Waals surface area contributed by atoms with Gasteiger partial charge in [-0.2, -0.15) is 0 Å². The van der Waals surface area contributed by atoms with Gasteiger partial charge in [-0.15, -0.1) is 24.0 Å². The van der Waals surface area contributed by atoms with Crippen LogP contribution in [0.15, 0.2) is 41.5 Å². The molecule has 1 aromatic carbocycles. The topological polar surface area (TPSA) is 55.8 Å². The van der Waals surface area contributed by atoms with Crippen LogP contribution in [0.1, 0.15) is 23.6 Å². The number of likely N-dealkylation sites (N-methyl/N-ethyl adjacent to an activating group) is 1. The second kappa shape index (κ2) is 12.8. The van der Waals surface area contributed by atoms with E-state index in [-0.39, 0.29) is 29.8 Å². The van der Waals surface area contributed by atoms with Gasteiger partial charge in [0.15, 0.2) is 5.96 Å². The summed E-state index contributed by atoms with van der Waals surface area (Å²) in [5.41, 5.74) is 3.29. The number of aliphatic imine (C=N–C) groups is 1. The van der Waals surface area contributed by atoms with Crippen LogP contribution in [-0.2, 0) is 13.0 Å². The molecule has 0 unspecified atom stereocenters. The van der Waals surface area contributed by atoms with E-state index in [1.165, 1.54) is 11.6 Å². The van der Waals surface area contributed by atoms with Crippen molar-refractivity contribution in [1.82, 2.24) is 20.5 Å². The van der Waals surface area contributed by atoms with Gasteiger partial charge in [0.05, 0.1) is 0 Å². The number of anilines is 1. The van der Waals surface area contributed by atoms with E-state index in [1.54, 1.807) is 13.1 Å². The van der Waals surface area contributed by atoms with Crippen molar-refractivity contribution >= 4 is 35.8 Å². The lowest BCUT2D eigenvalue weighted by Crippen LogP contribution is -2.46. The first-order chi connectivity index (χ1) is 14.6. The zero-order chi connectivity index (χ0) is 21.3. The van der Waals surface area contributed by atoms with Crippen LogP contribution in [0.3, 0.4) is 0 Å². The first-order valence-electron chi connectivity index (χ1n) is 10.7. The lowest BCUT2D eigenvalue weighted by molar-refractivity contribution is 0.270. The van der Waals surface area contributed by atoms with E-state index in [1.807, 2.05) is 25.3 Å². The molecular formula is C23H34FIN6. The van der Waals surface area contributed by atoms with Crippen molar-refractivity contribution in [2.24, 2.45) is 4.99 Å². The first-order valence-corrected chi connectivity index (χ1v) is 10.7. The third-order valence-corrected chi connectivity index (χ3v) is 5.63. The van der Waals surface area contributed by atoms with E-state index in [4.69, 9.17) is 0 Å². The van der Waals surface area contributed by atoms with Gasteiger partial charge in [0.1, 0.15) is 11.6 Å². The van der Waals surface area contributed by atoms with E-state index in [0.717, 1.165) is 68.6 Å². The minimum absolute atomic E-state index is 0. The molecule has 0 spiro atoms. The molecule has 31 heavy (non-hydrogen) atoms. The number of aryl methyl sites for hydroxylation is 1. The Morgan fingerprint density at radius 2 is 1.90 bits per heavy atom. The zero-order valence-corrected chi connectivity index (χ0v) is 21.0. The predicted molar refractivity (Wildman–Crippen MR) is 137 cm³/mol. The van der Waals surface area contributed by atoms with Crippen LogP contribution in [0.4, 0.5) is 10.2 Å². The Hall–Kier alpha value is -1.94. The molecular weight excluding hydrogens is 506 g/mol. The lowest BCUT2D eigenvalue weighted by atomic mass is 10.1. The fraction of sp³-hybridized carbons (Fsp3) is 0.478. The Balaban J connectivity index is 0.00000341. The molecule has 1 saturated heterocycles. The van der Waals surface area contributed by atoms with Gasteiger partial charge in [-0.05, 0) is 60.8 Å². The number of halogens is 2. The molecule has 0 radical (unpaired) electrons. The summed E-state index contributed by atoms with van der Waals surface area (Å²) in [5.74, 6) is 1.61. The first kappa shape index (κ1) is 25.3. The molecule has 8 heteroatoms. The van der Waals surface area contributed by atoms with E-state index < -0.39 is 0 Å². The maximum Gasteiger partial charge on any atom is 0.191 e. The van der Waals surface area contributed by atoms with Crippen molar-refractivity contribution in [3.8, 4) is 0 Å². The SMILES string of the molecule is CCN1CCN(c2cc(CNC(=NC)NCCc3ccc(F)cc3C)ccn2)CC1.I.